The molecule has 0 aromatic heterocycles. The number of hydrogen-bond donors (Lipinski definition) is 1. The molecule has 1 aliphatic heterocycles. The molecule has 1 saturated heterocycles. The highest BCUT2D eigenvalue weighted by Crippen LogP contribution is 2.18. The summed E-state index contributed by atoms with van der Waals surface area (Å²) in [6.07, 6.45) is 0. The van der Waals surface area contributed by atoms with E-state index in [-0.39, 0.29) is 17.0 Å². The van der Waals surface area contributed by atoms with Crippen LogP contribution in [0.2, 0.25) is 0 Å². The molecule has 124 valence electrons. The molecule has 7 heteroatoms. The molecule has 0 radical (unpaired) electrons. The third-order valence-electron chi connectivity index (χ3n) is 3.67. The number of sulfonamides is 1. The van der Waals surface area contributed by atoms with Crippen molar-refractivity contribution in [2.24, 2.45) is 0 Å². The molecule has 0 spiro atoms. The predicted octanol–water partition coefficient (Wildman–Crippen LogP) is 1.52. The van der Waals surface area contributed by atoms with E-state index in [4.69, 9.17) is 4.74 Å². The average molecular weight is 330 g/mol. The van der Waals surface area contributed by atoms with Crippen LogP contribution in [0, 0.1) is 12.7 Å². The van der Waals surface area contributed by atoms with E-state index in [1.165, 1.54) is 12.1 Å². The topological polar surface area (TPSA) is 58.6 Å². The molecular formula is C15H23FN2O3S. The molecule has 1 aromatic rings. The van der Waals surface area contributed by atoms with Crippen LogP contribution in [-0.2, 0) is 14.8 Å². The number of aryl methyl sites for hydroxylation is 1. The number of ether oxygens (including phenoxy) is 1. The van der Waals surface area contributed by atoms with Gasteiger partial charge in [0.2, 0.25) is 10.0 Å². The van der Waals surface area contributed by atoms with Crippen LogP contribution in [0.5, 0.6) is 0 Å². The van der Waals surface area contributed by atoms with Gasteiger partial charge in [-0.05, 0) is 32.4 Å². The lowest BCUT2D eigenvalue weighted by Gasteiger charge is -2.38. The number of rotatable bonds is 5. The summed E-state index contributed by atoms with van der Waals surface area (Å²) >= 11 is 0. The second-order valence-electron chi connectivity index (χ2n) is 6.17. The fraction of sp³-hybridized carbons (Fsp3) is 0.600. The fourth-order valence-electron chi connectivity index (χ4n) is 2.55. The van der Waals surface area contributed by atoms with Gasteiger partial charge in [-0.15, -0.1) is 0 Å². The Labute approximate surface area is 131 Å². The maximum atomic E-state index is 13.9. The Morgan fingerprint density at radius 1 is 1.41 bits per heavy atom. The first-order valence-electron chi connectivity index (χ1n) is 7.32. The Balaban J connectivity index is 1.95. The van der Waals surface area contributed by atoms with Crippen molar-refractivity contribution in [2.45, 2.75) is 31.3 Å². The zero-order valence-corrected chi connectivity index (χ0v) is 14.0. The average Bonchev–Trinajstić information content (AvgIpc) is 2.40. The lowest BCUT2D eigenvalue weighted by atomic mass is 10.1. The van der Waals surface area contributed by atoms with Gasteiger partial charge in [0.1, 0.15) is 10.7 Å². The SMILES string of the molecule is Cc1cccc(S(=O)(=O)NCCN2CCOC(C)(C)C2)c1F. The van der Waals surface area contributed by atoms with Crippen LogP contribution in [0.4, 0.5) is 4.39 Å². The molecule has 0 atom stereocenters. The quantitative estimate of drug-likeness (QED) is 0.889. The van der Waals surface area contributed by atoms with Gasteiger partial charge in [0.05, 0.1) is 12.2 Å². The molecule has 5 nitrogen and oxygen atoms in total. The minimum atomic E-state index is -3.83. The number of morpholine rings is 1. The summed E-state index contributed by atoms with van der Waals surface area (Å²) in [6.45, 7) is 8.51. The van der Waals surface area contributed by atoms with Gasteiger partial charge in [0, 0.05) is 26.2 Å². The highest BCUT2D eigenvalue weighted by Gasteiger charge is 2.27. The summed E-state index contributed by atoms with van der Waals surface area (Å²) in [7, 11) is -3.83. The van der Waals surface area contributed by atoms with Crippen molar-refractivity contribution in [2.75, 3.05) is 32.8 Å². The summed E-state index contributed by atoms with van der Waals surface area (Å²) in [5, 5.41) is 0. The van der Waals surface area contributed by atoms with Crippen molar-refractivity contribution in [1.29, 1.82) is 0 Å². The standard InChI is InChI=1S/C15H23FN2O3S/c1-12-5-4-6-13(14(12)16)22(19,20)17-7-8-18-9-10-21-15(2,3)11-18/h4-6,17H,7-11H2,1-3H3. The highest BCUT2D eigenvalue weighted by atomic mass is 32.2. The maximum absolute atomic E-state index is 13.9. The van der Waals surface area contributed by atoms with Crippen LogP contribution in [0.1, 0.15) is 19.4 Å². The molecule has 22 heavy (non-hydrogen) atoms. The van der Waals surface area contributed by atoms with Crippen molar-refractivity contribution in [3.8, 4) is 0 Å². The van der Waals surface area contributed by atoms with Crippen LogP contribution in [0.3, 0.4) is 0 Å². The molecule has 1 fully saturated rings. The van der Waals surface area contributed by atoms with Crippen LogP contribution in [0.15, 0.2) is 23.1 Å². The largest absolute Gasteiger partial charge is 0.373 e. The summed E-state index contributed by atoms with van der Waals surface area (Å²) in [6, 6.07) is 4.37. The van der Waals surface area contributed by atoms with E-state index in [1.54, 1.807) is 13.0 Å². The van der Waals surface area contributed by atoms with Gasteiger partial charge in [-0.2, -0.15) is 0 Å². The summed E-state index contributed by atoms with van der Waals surface area (Å²) in [5.74, 6) is -0.692. The second-order valence-corrected chi connectivity index (χ2v) is 7.90. The Kier molecular flexibility index (Phi) is 5.21. The highest BCUT2D eigenvalue weighted by molar-refractivity contribution is 7.89. The summed E-state index contributed by atoms with van der Waals surface area (Å²) in [4.78, 5) is 1.84. The molecule has 1 aliphatic rings. The Hall–Kier alpha value is -1.02. The zero-order valence-electron chi connectivity index (χ0n) is 13.2. The molecule has 0 aliphatic carbocycles. The van der Waals surface area contributed by atoms with E-state index in [9.17, 15) is 12.8 Å². The van der Waals surface area contributed by atoms with Crippen molar-refractivity contribution in [1.82, 2.24) is 9.62 Å². The third-order valence-corrected chi connectivity index (χ3v) is 5.15. The minimum absolute atomic E-state index is 0.222. The van der Waals surface area contributed by atoms with Gasteiger partial charge in [0.15, 0.2) is 0 Å². The number of nitrogens with one attached hydrogen (secondary N) is 1. The summed E-state index contributed by atoms with van der Waals surface area (Å²) in [5.41, 5.74) is 0.0950. The van der Waals surface area contributed by atoms with Gasteiger partial charge >= 0.3 is 0 Å². The van der Waals surface area contributed by atoms with E-state index in [1.807, 2.05) is 13.8 Å². The van der Waals surface area contributed by atoms with Crippen molar-refractivity contribution in [3.05, 3.63) is 29.6 Å². The van der Waals surface area contributed by atoms with Gasteiger partial charge < -0.3 is 4.74 Å². The molecule has 0 bridgehead atoms. The Morgan fingerprint density at radius 2 is 2.14 bits per heavy atom. The maximum Gasteiger partial charge on any atom is 0.243 e. The molecular weight excluding hydrogens is 307 g/mol. The van der Waals surface area contributed by atoms with Gasteiger partial charge in [-0.1, -0.05) is 12.1 Å². The first-order chi connectivity index (χ1) is 10.2. The van der Waals surface area contributed by atoms with Crippen LogP contribution in [-0.4, -0.2) is 51.7 Å². The Morgan fingerprint density at radius 3 is 2.82 bits per heavy atom. The summed E-state index contributed by atoms with van der Waals surface area (Å²) < 4.78 is 46.4. The molecule has 2 rings (SSSR count). The van der Waals surface area contributed by atoms with E-state index >= 15 is 0 Å². The third kappa shape index (κ3) is 4.25. The number of hydrogen-bond acceptors (Lipinski definition) is 4. The van der Waals surface area contributed by atoms with E-state index in [0.717, 1.165) is 13.1 Å². The van der Waals surface area contributed by atoms with Gasteiger partial charge in [-0.3, -0.25) is 4.90 Å². The van der Waals surface area contributed by atoms with Gasteiger partial charge in [0.25, 0.3) is 0 Å². The molecule has 1 aromatic carbocycles. The van der Waals surface area contributed by atoms with E-state index < -0.39 is 15.8 Å². The molecule has 0 amide bonds. The first-order valence-corrected chi connectivity index (χ1v) is 8.81. The minimum Gasteiger partial charge on any atom is -0.373 e. The smallest absolute Gasteiger partial charge is 0.243 e. The fourth-order valence-corrected chi connectivity index (χ4v) is 3.72. The van der Waals surface area contributed by atoms with Crippen LogP contribution >= 0.6 is 0 Å². The Bertz CT molecular complexity index is 632. The lowest BCUT2D eigenvalue weighted by molar-refractivity contribution is -0.0851. The van der Waals surface area contributed by atoms with Gasteiger partial charge in [-0.25, -0.2) is 17.5 Å². The normalized spacial score (nSPS) is 19.3. The lowest BCUT2D eigenvalue weighted by Crippen LogP contribution is -2.50. The first kappa shape index (κ1) is 17.3. The molecule has 1 heterocycles. The monoisotopic (exact) mass is 330 g/mol. The number of benzene rings is 1. The van der Waals surface area contributed by atoms with Crippen molar-refractivity contribution in [3.63, 3.8) is 0 Å². The number of nitrogens with zero attached hydrogens (tertiary/aromatic N) is 1. The molecule has 0 saturated carbocycles. The molecule has 1 N–H and O–H groups in total. The zero-order chi connectivity index (χ0) is 16.4. The molecule has 0 unspecified atom stereocenters. The number of halogens is 1. The van der Waals surface area contributed by atoms with Crippen LogP contribution < -0.4 is 4.72 Å². The van der Waals surface area contributed by atoms with Crippen molar-refractivity contribution < 1.29 is 17.5 Å². The van der Waals surface area contributed by atoms with Crippen LogP contribution in [0.25, 0.3) is 0 Å². The second kappa shape index (κ2) is 6.62. The van der Waals surface area contributed by atoms with Crippen molar-refractivity contribution >= 4 is 10.0 Å². The van der Waals surface area contributed by atoms with E-state index in [2.05, 4.69) is 9.62 Å². The predicted molar refractivity (Wildman–Crippen MR) is 82.8 cm³/mol. The van der Waals surface area contributed by atoms with E-state index in [0.29, 0.717) is 18.7 Å².